The number of hydrogen-bond acceptors (Lipinski definition) is 1. The van der Waals surface area contributed by atoms with Gasteiger partial charge in [0, 0.05) is 0 Å². The van der Waals surface area contributed by atoms with Gasteiger partial charge < -0.3 is 0 Å². The Kier molecular flexibility index (Phi) is 1.38. The standard InChI is InChI=1S/C12H17N/c1-12(7-13)10-3-8-2-9(5-10)6-11(12)4-8/h8-11H,2-6H2,1H3. The highest BCUT2D eigenvalue weighted by Gasteiger charge is 2.54. The zero-order chi connectivity index (χ0) is 9.05. The van der Waals surface area contributed by atoms with Crippen LogP contribution in [0.1, 0.15) is 39.0 Å². The van der Waals surface area contributed by atoms with Crippen molar-refractivity contribution < 1.29 is 0 Å². The summed E-state index contributed by atoms with van der Waals surface area (Å²) in [6.45, 7) is 2.22. The second-order valence-corrected chi connectivity index (χ2v) is 5.70. The van der Waals surface area contributed by atoms with Gasteiger partial charge in [-0.05, 0) is 62.7 Å². The minimum atomic E-state index is 0.0490. The highest BCUT2D eigenvalue weighted by atomic mass is 14.6. The number of nitriles is 1. The fourth-order valence-corrected chi connectivity index (χ4v) is 4.35. The first kappa shape index (κ1) is 7.85. The molecule has 0 aliphatic heterocycles. The van der Waals surface area contributed by atoms with Gasteiger partial charge in [0.05, 0.1) is 11.5 Å². The van der Waals surface area contributed by atoms with Crippen molar-refractivity contribution in [1.82, 2.24) is 0 Å². The summed E-state index contributed by atoms with van der Waals surface area (Å²) in [5.74, 6) is 3.47. The van der Waals surface area contributed by atoms with Gasteiger partial charge in [0.1, 0.15) is 0 Å². The number of hydrogen-bond donors (Lipinski definition) is 0. The molecule has 0 unspecified atom stereocenters. The van der Waals surface area contributed by atoms with Gasteiger partial charge in [0.25, 0.3) is 0 Å². The predicted octanol–water partition coefficient (Wildman–Crippen LogP) is 2.97. The van der Waals surface area contributed by atoms with Crippen LogP contribution in [0.3, 0.4) is 0 Å². The van der Waals surface area contributed by atoms with Crippen LogP contribution in [0.25, 0.3) is 0 Å². The molecule has 4 rings (SSSR count). The van der Waals surface area contributed by atoms with Crippen molar-refractivity contribution in [1.29, 1.82) is 5.26 Å². The monoisotopic (exact) mass is 175 g/mol. The molecule has 0 aromatic heterocycles. The lowest BCUT2D eigenvalue weighted by molar-refractivity contribution is -0.0665. The molecule has 4 saturated carbocycles. The molecule has 0 radical (unpaired) electrons. The maximum Gasteiger partial charge on any atom is 0.0692 e. The Morgan fingerprint density at radius 3 is 1.85 bits per heavy atom. The average molecular weight is 175 g/mol. The highest BCUT2D eigenvalue weighted by molar-refractivity contribution is 5.12. The minimum Gasteiger partial charge on any atom is -0.198 e. The topological polar surface area (TPSA) is 23.8 Å². The van der Waals surface area contributed by atoms with Gasteiger partial charge in [0.2, 0.25) is 0 Å². The molecule has 0 spiro atoms. The van der Waals surface area contributed by atoms with E-state index in [4.69, 9.17) is 0 Å². The van der Waals surface area contributed by atoms with E-state index in [2.05, 4.69) is 13.0 Å². The van der Waals surface area contributed by atoms with Crippen molar-refractivity contribution in [2.24, 2.45) is 29.1 Å². The quantitative estimate of drug-likeness (QED) is 0.555. The Hall–Kier alpha value is -0.510. The molecule has 0 heterocycles. The van der Waals surface area contributed by atoms with Crippen molar-refractivity contribution in [3.8, 4) is 6.07 Å². The lowest BCUT2D eigenvalue weighted by Crippen LogP contribution is -2.50. The zero-order valence-electron chi connectivity index (χ0n) is 8.29. The molecular weight excluding hydrogens is 158 g/mol. The summed E-state index contributed by atoms with van der Waals surface area (Å²) in [5, 5.41) is 9.31. The Morgan fingerprint density at radius 1 is 1.00 bits per heavy atom. The number of nitrogens with zero attached hydrogens (tertiary/aromatic N) is 1. The molecule has 0 aromatic carbocycles. The van der Waals surface area contributed by atoms with Crippen LogP contribution in [0.15, 0.2) is 0 Å². The largest absolute Gasteiger partial charge is 0.198 e. The van der Waals surface area contributed by atoms with Gasteiger partial charge in [-0.15, -0.1) is 0 Å². The van der Waals surface area contributed by atoms with Gasteiger partial charge in [-0.25, -0.2) is 0 Å². The van der Waals surface area contributed by atoms with Gasteiger partial charge in [0.15, 0.2) is 0 Å². The lowest BCUT2D eigenvalue weighted by atomic mass is 9.46. The first-order chi connectivity index (χ1) is 6.22. The first-order valence-electron chi connectivity index (χ1n) is 5.63. The highest BCUT2D eigenvalue weighted by Crippen LogP contribution is 2.61. The van der Waals surface area contributed by atoms with Crippen molar-refractivity contribution in [2.45, 2.75) is 39.0 Å². The van der Waals surface area contributed by atoms with E-state index in [1.807, 2.05) is 0 Å². The Balaban J connectivity index is 1.99. The predicted molar refractivity (Wildman–Crippen MR) is 50.8 cm³/mol. The van der Waals surface area contributed by atoms with Crippen LogP contribution in [0.5, 0.6) is 0 Å². The smallest absolute Gasteiger partial charge is 0.0692 e. The average Bonchev–Trinajstić information content (AvgIpc) is 2.13. The summed E-state index contributed by atoms with van der Waals surface area (Å²) in [5.41, 5.74) is 0.0490. The van der Waals surface area contributed by atoms with E-state index in [9.17, 15) is 5.26 Å². The van der Waals surface area contributed by atoms with E-state index in [-0.39, 0.29) is 5.41 Å². The number of rotatable bonds is 0. The normalized spacial score (nSPS) is 57.8. The van der Waals surface area contributed by atoms with Gasteiger partial charge in [-0.2, -0.15) is 5.26 Å². The molecule has 0 amide bonds. The van der Waals surface area contributed by atoms with E-state index < -0.39 is 0 Å². The van der Waals surface area contributed by atoms with Crippen LogP contribution >= 0.6 is 0 Å². The van der Waals surface area contributed by atoms with Crippen molar-refractivity contribution in [3.63, 3.8) is 0 Å². The van der Waals surface area contributed by atoms with E-state index in [0.717, 1.165) is 23.7 Å². The second kappa shape index (κ2) is 2.29. The van der Waals surface area contributed by atoms with E-state index in [1.54, 1.807) is 0 Å². The molecule has 4 aliphatic carbocycles. The lowest BCUT2D eigenvalue weighted by Gasteiger charge is -2.57. The van der Waals surface area contributed by atoms with Crippen molar-refractivity contribution in [2.75, 3.05) is 0 Å². The summed E-state index contributed by atoms with van der Waals surface area (Å²) in [6, 6.07) is 2.62. The van der Waals surface area contributed by atoms with Crippen LogP contribution < -0.4 is 0 Å². The molecular formula is C12H17N. The molecule has 0 N–H and O–H groups in total. The molecule has 0 atom stereocenters. The Labute approximate surface area is 80.1 Å². The molecule has 70 valence electrons. The van der Waals surface area contributed by atoms with Crippen LogP contribution in [0.2, 0.25) is 0 Å². The first-order valence-corrected chi connectivity index (χ1v) is 5.63. The molecule has 0 aromatic rings. The third-order valence-electron chi connectivity index (χ3n) is 5.08. The molecule has 4 fully saturated rings. The minimum absolute atomic E-state index is 0.0490. The Morgan fingerprint density at radius 2 is 1.46 bits per heavy atom. The summed E-state index contributed by atoms with van der Waals surface area (Å²) in [7, 11) is 0. The van der Waals surface area contributed by atoms with Gasteiger partial charge in [-0.1, -0.05) is 0 Å². The van der Waals surface area contributed by atoms with Crippen molar-refractivity contribution >= 4 is 0 Å². The third kappa shape index (κ3) is 0.870. The van der Waals surface area contributed by atoms with Crippen LogP contribution in [-0.4, -0.2) is 0 Å². The summed E-state index contributed by atoms with van der Waals surface area (Å²) in [4.78, 5) is 0. The summed E-state index contributed by atoms with van der Waals surface area (Å²) in [6.07, 6.45) is 6.91. The summed E-state index contributed by atoms with van der Waals surface area (Å²) < 4.78 is 0. The molecule has 4 aliphatic rings. The second-order valence-electron chi connectivity index (χ2n) is 5.70. The molecule has 4 bridgehead atoms. The van der Waals surface area contributed by atoms with Gasteiger partial charge in [-0.3, -0.25) is 0 Å². The molecule has 1 nitrogen and oxygen atoms in total. The maximum absolute atomic E-state index is 9.31. The zero-order valence-corrected chi connectivity index (χ0v) is 8.29. The van der Waals surface area contributed by atoms with Gasteiger partial charge >= 0.3 is 0 Å². The Bertz CT molecular complexity index is 245. The van der Waals surface area contributed by atoms with Crippen LogP contribution in [0.4, 0.5) is 0 Å². The van der Waals surface area contributed by atoms with E-state index in [1.165, 1.54) is 32.1 Å². The third-order valence-corrected chi connectivity index (χ3v) is 5.08. The maximum atomic E-state index is 9.31. The molecule has 1 heteroatoms. The SMILES string of the molecule is CC1(C#N)C2CC3CC(C2)CC1C3. The van der Waals surface area contributed by atoms with Crippen LogP contribution in [0, 0.1) is 40.4 Å². The van der Waals surface area contributed by atoms with Crippen molar-refractivity contribution in [3.05, 3.63) is 0 Å². The molecule has 13 heavy (non-hydrogen) atoms. The van der Waals surface area contributed by atoms with E-state index >= 15 is 0 Å². The fraction of sp³-hybridized carbons (Fsp3) is 0.917. The fourth-order valence-electron chi connectivity index (χ4n) is 4.35. The van der Waals surface area contributed by atoms with Crippen LogP contribution in [-0.2, 0) is 0 Å². The summed E-state index contributed by atoms with van der Waals surface area (Å²) >= 11 is 0. The molecule has 0 saturated heterocycles. The van der Waals surface area contributed by atoms with E-state index in [0.29, 0.717) is 0 Å².